The minimum atomic E-state index is -0.172. The first-order valence-corrected chi connectivity index (χ1v) is 8.98. The Morgan fingerprint density at radius 2 is 2.17 bits per heavy atom. The van der Waals surface area contributed by atoms with Gasteiger partial charge in [-0.15, -0.1) is 0 Å². The Hall–Kier alpha value is -1.46. The van der Waals surface area contributed by atoms with E-state index >= 15 is 0 Å². The van der Waals surface area contributed by atoms with Gasteiger partial charge in [-0.3, -0.25) is 9.78 Å². The van der Waals surface area contributed by atoms with E-state index in [1.807, 2.05) is 17.0 Å². The fourth-order valence-corrected chi connectivity index (χ4v) is 3.43. The summed E-state index contributed by atoms with van der Waals surface area (Å²) in [5, 5.41) is 0. The number of ether oxygens (including phenoxy) is 2. The van der Waals surface area contributed by atoms with Gasteiger partial charge in [-0.1, -0.05) is 13.8 Å². The molecule has 5 nitrogen and oxygen atoms in total. The molecule has 2 saturated heterocycles. The first-order valence-electron chi connectivity index (χ1n) is 8.98. The van der Waals surface area contributed by atoms with Gasteiger partial charge in [-0.25, -0.2) is 0 Å². The summed E-state index contributed by atoms with van der Waals surface area (Å²) in [7, 11) is 0. The van der Waals surface area contributed by atoms with Crippen molar-refractivity contribution in [2.24, 2.45) is 5.92 Å². The molecule has 24 heavy (non-hydrogen) atoms. The normalized spacial score (nSPS) is 22.6. The second-order valence-electron chi connectivity index (χ2n) is 7.50. The van der Waals surface area contributed by atoms with Crippen LogP contribution in [0.25, 0.3) is 0 Å². The summed E-state index contributed by atoms with van der Waals surface area (Å²) in [6.07, 6.45) is 7.20. The zero-order chi connectivity index (χ0) is 17.0. The molecule has 2 fully saturated rings. The van der Waals surface area contributed by atoms with E-state index in [-0.39, 0.29) is 17.6 Å². The van der Waals surface area contributed by atoms with Gasteiger partial charge in [-0.2, -0.15) is 0 Å². The zero-order valence-electron chi connectivity index (χ0n) is 14.7. The van der Waals surface area contributed by atoms with Crippen LogP contribution in [0.3, 0.4) is 0 Å². The van der Waals surface area contributed by atoms with Gasteiger partial charge in [0.15, 0.2) is 0 Å². The molecule has 1 amide bonds. The van der Waals surface area contributed by atoms with Gasteiger partial charge in [0.25, 0.3) is 0 Å². The molecule has 2 aliphatic rings. The second-order valence-corrected chi connectivity index (χ2v) is 7.50. The average molecular weight is 332 g/mol. The highest BCUT2D eigenvalue weighted by molar-refractivity contribution is 5.77. The van der Waals surface area contributed by atoms with Crippen molar-refractivity contribution in [3.63, 3.8) is 0 Å². The molecule has 0 N–H and O–H groups in total. The standard InChI is InChI=1S/C19H28N2O3/c1-15(2)3-4-18(22)21-13-19(14-21)11-17(7-10-24-19)23-12-16-5-8-20-9-6-16/h5-6,8-9,15,17H,3-4,7,10-14H2,1-2H3/t17-/m1/s1. The van der Waals surface area contributed by atoms with Crippen LogP contribution in [0.5, 0.6) is 0 Å². The van der Waals surface area contributed by atoms with Gasteiger partial charge in [0, 0.05) is 31.8 Å². The Morgan fingerprint density at radius 1 is 1.42 bits per heavy atom. The van der Waals surface area contributed by atoms with Crippen LogP contribution in [-0.2, 0) is 20.9 Å². The molecule has 0 aliphatic carbocycles. The highest BCUT2D eigenvalue weighted by Crippen LogP contribution is 2.36. The van der Waals surface area contributed by atoms with Crippen LogP contribution in [0.4, 0.5) is 0 Å². The fourth-order valence-electron chi connectivity index (χ4n) is 3.43. The van der Waals surface area contributed by atoms with Crippen molar-refractivity contribution >= 4 is 5.91 Å². The van der Waals surface area contributed by atoms with E-state index in [9.17, 15) is 4.79 Å². The van der Waals surface area contributed by atoms with Crippen molar-refractivity contribution in [1.82, 2.24) is 9.88 Å². The molecule has 3 heterocycles. The van der Waals surface area contributed by atoms with E-state index in [0.717, 1.165) is 44.5 Å². The topological polar surface area (TPSA) is 51.7 Å². The lowest BCUT2D eigenvalue weighted by Crippen LogP contribution is -2.67. The Balaban J connectivity index is 1.44. The first kappa shape index (κ1) is 17.4. The van der Waals surface area contributed by atoms with Gasteiger partial charge in [-0.05, 0) is 36.5 Å². The molecule has 5 heteroatoms. The molecule has 1 atom stereocenters. The molecule has 2 aliphatic heterocycles. The van der Waals surface area contributed by atoms with E-state index in [0.29, 0.717) is 18.9 Å². The lowest BCUT2D eigenvalue weighted by molar-refractivity contribution is -0.202. The summed E-state index contributed by atoms with van der Waals surface area (Å²) >= 11 is 0. The van der Waals surface area contributed by atoms with Gasteiger partial charge >= 0.3 is 0 Å². The summed E-state index contributed by atoms with van der Waals surface area (Å²) in [6.45, 7) is 7.08. The van der Waals surface area contributed by atoms with Gasteiger partial charge in [0.2, 0.25) is 5.91 Å². The second kappa shape index (κ2) is 7.62. The summed E-state index contributed by atoms with van der Waals surface area (Å²) in [6, 6.07) is 3.96. The Bertz CT molecular complexity index is 541. The number of nitrogens with zero attached hydrogens (tertiary/aromatic N) is 2. The van der Waals surface area contributed by atoms with Crippen LogP contribution in [0.15, 0.2) is 24.5 Å². The number of carbonyl (C=O) groups is 1. The van der Waals surface area contributed by atoms with Crippen molar-refractivity contribution in [3.05, 3.63) is 30.1 Å². The van der Waals surface area contributed by atoms with Crippen LogP contribution in [0.1, 0.15) is 45.1 Å². The number of amides is 1. The highest BCUT2D eigenvalue weighted by Gasteiger charge is 2.49. The number of pyridine rings is 1. The SMILES string of the molecule is CC(C)CCC(=O)N1CC2(C[C@H](OCc3ccncc3)CCO2)C1. The maximum absolute atomic E-state index is 12.2. The third kappa shape index (κ3) is 4.33. The third-order valence-electron chi connectivity index (χ3n) is 4.93. The van der Waals surface area contributed by atoms with E-state index in [1.165, 1.54) is 0 Å². The largest absolute Gasteiger partial charge is 0.373 e. The predicted molar refractivity (Wildman–Crippen MR) is 91.4 cm³/mol. The summed E-state index contributed by atoms with van der Waals surface area (Å²) < 4.78 is 12.1. The van der Waals surface area contributed by atoms with Crippen molar-refractivity contribution in [1.29, 1.82) is 0 Å². The van der Waals surface area contributed by atoms with Crippen molar-refractivity contribution in [2.45, 2.75) is 57.8 Å². The van der Waals surface area contributed by atoms with Crippen molar-refractivity contribution < 1.29 is 14.3 Å². The van der Waals surface area contributed by atoms with Crippen LogP contribution < -0.4 is 0 Å². The highest BCUT2D eigenvalue weighted by atomic mass is 16.5. The molecule has 0 aromatic carbocycles. The number of aromatic nitrogens is 1. The Labute approximate surface area is 144 Å². The van der Waals surface area contributed by atoms with Crippen LogP contribution in [0, 0.1) is 5.92 Å². The number of hydrogen-bond donors (Lipinski definition) is 0. The molecule has 0 radical (unpaired) electrons. The molecular weight excluding hydrogens is 304 g/mol. The summed E-state index contributed by atoms with van der Waals surface area (Å²) in [4.78, 5) is 18.1. The van der Waals surface area contributed by atoms with E-state index < -0.39 is 0 Å². The van der Waals surface area contributed by atoms with Gasteiger partial charge in [0.1, 0.15) is 5.60 Å². The molecule has 3 rings (SSSR count). The van der Waals surface area contributed by atoms with Crippen LogP contribution in [-0.4, -0.2) is 47.2 Å². The van der Waals surface area contributed by atoms with Crippen LogP contribution in [0.2, 0.25) is 0 Å². The lowest BCUT2D eigenvalue weighted by atomic mass is 9.84. The van der Waals surface area contributed by atoms with E-state index in [1.54, 1.807) is 12.4 Å². The predicted octanol–water partition coefficient (Wildman–Crippen LogP) is 2.79. The summed E-state index contributed by atoms with van der Waals surface area (Å²) in [5.41, 5.74) is 0.971. The van der Waals surface area contributed by atoms with Crippen molar-refractivity contribution in [3.8, 4) is 0 Å². The molecule has 0 bridgehead atoms. The van der Waals surface area contributed by atoms with Gasteiger partial charge < -0.3 is 14.4 Å². The quantitative estimate of drug-likeness (QED) is 0.804. The molecule has 1 spiro atoms. The minimum Gasteiger partial charge on any atom is -0.373 e. The number of carbonyl (C=O) groups excluding carboxylic acids is 1. The van der Waals surface area contributed by atoms with Crippen molar-refractivity contribution in [2.75, 3.05) is 19.7 Å². The minimum absolute atomic E-state index is 0.172. The maximum Gasteiger partial charge on any atom is 0.222 e. The molecule has 132 valence electrons. The molecule has 0 unspecified atom stereocenters. The molecular formula is C19H28N2O3. The fraction of sp³-hybridized carbons (Fsp3) is 0.684. The third-order valence-corrected chi connectivity index (χ3v) is 4.93. The van der Waals surface area contributed by atoms with Gasteiger partial charge in [0.05, 0.1) is 25.8 Å². The lowest BCUT2D eigenvalue weighted by Gasteiger charge is -2.53. The average Bonchev–Trinajstić information content (AvgIpc) is 2.57. The van der Waals surface area contributed by atoms with E-state index in [2.05, 4.69) is 18.8 Å². The number of hydrogen-bond acceptors (Lipinski definition) is 4. The number of likely N-dealkylation sites (tertiary alicyclic amines) is 1. The maximum atomic E-state index is 12.2. The number of rotatable bonds is 6. The smallest absolute Gasteiger partial charge is 0.222 e. The summed E-state index contributed by atoms with van der Waals surface area (Å²) in [5.74, 6) is 0.832. The van der Waals surface area contributed by atoms with E-state index in [4.69, 9.17) is 9.47 Å². The zero-order valence-corrected chi connectivity index (χ0v) is 14.7. The molecule has 1 aromatic rings. The van der Waals surface area contributed by atoms with Crippen LogP contribution >= 0.6 is 0 Å². The molecule has 1 aromatic heterocycles. The Morgan fingerprint density at radius 3 is 2.88 bits per heavy atom. The Kier molecular flexibility index (Phi) is 5.51. The first-order chi connectivity index (χ1) is 11.6. The monoisotopic (exact) mass is 332 g/mol. The molecule has 0 saturated carbocycles.